The summed E-state index contributed by atoms with van der Waals surface area (Å²) in [6.07, 6.45) is -0.0624. The predicted molar refractivity (Wildman–Crippen MR) is 72.6 cm³/mol. The molecule has 2 heterocycles. The molecule has 104 valence electrons. The third kappa shape index (κ3) is 2.79. The number of amides is 1. The van der Waals surface area contributed by atoms with Gasteiger partial charge in [0, 0.05) is 0 Å². The van der Waals surface area contributed by atoms with Crippen LogP contribution in [0.3, 0.4) is 0 Å². The first-order chi connectivity index (χ1) is 8.90. The zero-order chi connectivity index (χ0) is 14.2. The highest BCUT2D eigenvalue weighted by atomic mass is 32.1. The van der Waals surface area contributed by atoms with E-state index in [9.17, 15) is 9.59 Å². The van der Waals surface area contributed by atoms with Crippen molar-refractivity contribution in [3.8, 4) is 0 Å². The number of carboxylic acids is 1. The van der Waals surface area contributed by atoms with E-state index >= 15 is 0 Å². The van der Waals surface area contributed by atoms with Gasteiger partial charge in [-0.1, -0.05) is 6.92 Å². The van der Waals surface area contributed by atoms with Crippen LogP contribution < -0.4 is 5.32 Å². The molecule has 2 N–H and O–H groups in total. The lowest BCUT2D eigenvalue weighted by molar-refractivity contribution is -0.121. The number of carbonyl (C=O) groups is 2. The molecule has 0 radical (unpaired) electrons. The predicted octanol–water partition coefficient (Wildman–Crippen LogP) is 2.44. The maximum atomic E-state index is 12.2. The highest BCUT2D eigenvalue weighted by molar-refractivity contribution is 7.18. The standard InChI is InChI=1S/C13H17NO4S/c1-6-7(2)18-8(3)11(6)12(15)14-10-5-4-9(19-10)13(16)17/h4-8,11H,1-3H3,(H,14,15)(H,16,17). The fourth-order valence-electron chi connectivity index (χ4n) is 2.44. The van der Waals surface area contributed by atoms with E-state index in [-0.39, 0.29) is 34.8 Å². The Morgan fingerprint density at radius 2 is 1.95 bits per heavy atom. The molecule has 0 aliphatic carbocycles. The summed E-state index contributed by atoms with van der Waals surface area (Å²) < 4.78 is 5.64. The largest absolute Gasteiger partial charge is 0.477 e. The lowest BCUT2D eigenvalue weighted by Gasteiger charge is -2.17. The first-order valence-electron chi connectivity index (χ1n) is 6.19. The van der Waals surface area contributed by atoms with E-state index in [4.69, 9.17) is 9.84 Å². The van der Waals surface area contributed by atoms with Crippen LogP contribution in [0.15, 0.2) is 12.1 Å². The summed E-state index contributed by atoms with van der Waals surface area (Å²) in [4.78, 5) is 23.2. The van der Waals surface area contributed by atoms with Crippen molar-refractivity contribution in [2.75, 3.05) is 5.32 Å². The molecule has 0 aromatic carbocycles. The van der Waals surface area contributed by atoms with Crippen LogP contribution in [0.25, 0.3) is 0 Å². The number of ether oxygens (including phenoxy) is 1. The Balaban J connectivity index is 2.06. The smallest absolute Gasteiger partial charge is 0.345 e. The number of hydrogen-bond donors (Lipinski definition) is 2. The van der Waals surface area contributed by atoms with Crippen LogP contribution in [0.2, 0.25) is 0 Å². The number of hydrogen-bond acceptors (Lipinski definition) is 4. The molecule has 1 amide bonds. The Morgan fingerprint density at radius 1 is 1.26 bits per heavy atom. The second-order valence-corrected chi connectivity index (χ2v) is 5.97. The average Bonchev–Trinajstić information content (AvgIpc) is 2.85. The number of thiophene rings is 1. The molecule has 1 fully saturated rings. The van der Waals surface area contributed by atoms with Gasteiger partial charge < -0.3 is 15.2 Å². The van der Waals surface area contributed by atoms with E-state index in [2.05, 4.69) is 5.32 Å². The highest BCUT2D eigenvalue weighted by Crippen LogP contribution is 2.33. The SMILES string of the molecule is CC1OC(C)C(C(=O)Nc2ccc(C(=O)O)s2)C1C. The van der Waals surface area contributed by atoms with Crippen molar-refractivity contribution in [1.82, 2.24) is 0 Å². The van der Waals surface area contributed by atoms with Crippen LogP contribution >= 0.6 is 11.3 Å². The first kappa shape index (κ1) is 14.0. The van der Waals surface area contributed by atoms with E-state index in [0.29, 0.717) is 5.00 Å². The molecule has 0 saturated carbocycles. The van der Waals surface area contributed by atoms with Gasteiger partial charge in [0.25, 0.3) is 0 Å². The van der Waals surface area contributed by atoms with Crippen LogP contribution in [-0.2, 0) is 9.53 Å². The van der Waals surface area contributed by atoms with Crippen molar-refractivity contribution in [1.29, 1.82) is 0 Å². The molecular formula is C13H17NO4S. The van der Waals surface area contributed by atoms with E-state index in [1.807, 2.05) is 20.8 Å². The van der Waals surface area contributed by atoms with E-state index in [0.717, 1.165) is 11.3 Å². The van der Waals surface area contributed by atoms with E-state index < -0.39 is 5.97 Å². The average molecular weight is 283 g/mol. The minimum absolute atomic E-state index is 0.0590. The van der Waals surface area contributed by atoms with Gasteiger partial charge in [-0.15, -0.1) is 11.3 Å². The van der Waals surface area contributed by atoms with E-state index in [1.165, 1.54) is 6.07 Å². The van der Waals surface area contributed by atoms with Crippen LogP contribution in [0.4, 0.5) is 5.00 Å². The molecule has 1 aliphatic heterocycles. The molecule has 2 rings (SSSR count). The van der Waals surface area contributed by atoms with Crippen LogP contribution in [-0.4, -0.2) is 29.2 Å². The van der Waals surface area contributed by atoms with Crippen molar-refractivity contribution in [2.24, 2.45) is 11.8 Å². The molecule has 1 aromatic rings. The van der Waals surface area contributed by atoms with Gasteiger partial charge >= 0.3 is 5.97 Å². The Kier molecular flexibility index (Phi) is 3.91. The molecule has 5 nitrogen and oxygen atoms in total. The first-order valence-corrected chi connectivity index (χ1v) is 7.01. The molecule has 1 aromatic heterocycles. The number of carbonyl (C=O) groups excluding carboxylic acids is 1. The summed E-state index contributed by atoms with van der Waals surface area (Å²) in [6, 6.07) is 3.10. The van der Waals surface area contributed by atoms with Gasteiger partial charge in [0.15, 0.2) is 0 Å². The van der Waals surface area contributed by atoms with Gasteiger partial charge in [-0.3, -0.25) is 4.79 Å². The maximum Gasteiger partial charge on any atom is 0.345 e. The van der Waals surface area contributed by atoms with Crippen molar-refractivity contribution in [2.45, 2.75) is 33.0 Å². The Bertz CT molecular complexity index is 499. The summed E-state index contributed by atoms with van der Waals surface area (Å²) in [5, 5.41) is 12.2. The molecule has 4 atom stereocenters. The number of aromatic carboxylic acids is 1. The maximum absolute atomic E-state index is 12.2. The van der Waals surface area contributed by atoms with Crippen molar-refractivity contribution in [3.05, 3.63) is 17.0 Å². The van der Waals surface area contributed by atoms with Crippen molar-refractivity contribution < 1.29 is 19.4 Å². The van der Waals surface area contributed by atoms with Gasteiger partial charge in [-0.25, -0.2) is 4.79 Å². The van der Waals surface area contributed by atoms with Gasteiger partial charge in [0.05, 0.1) is 23.1 Å². The lowest BCUT2D eigenvalue weighted by atomic mass is 9.89. The fourth-order valence-corrected chi connectivity index (χ4v) is 3.19. The minimum Gasteiger partial charge on any atom is -0.477 e. The molecular weight excluding hydrogens is 266 g/mol. The molecule has 1 saturated heterocycles. The van der Waals surface area contributed by atoms with E-state index in [1.54, 1.807) is 6.07 Å². The number of anilines is 1. The molecule has 0 bridgehead atoms. The van der Waals surface area contributed by atoms with Crippen LogP contribution in [0, 0.1) is 11.8 Å². The third-order valence-corrected chi connectivity index (χ3v) is 4.60. The zero-order valence-corrected chi connectivity index (χ0v) is 11.9. The summed E-state index contributed by atoms with van der Waals surface area (Å²) in [5.74, 6) is -1.15. The Labute approximate surface area is 115 Å². The summed E-state index contributed by atoms with van der Waals surface area (Å²) >= 11 is 1.06. The van der Waals surface area contributed by atoms with Crippen LogP contribution in [0.5, 0.6) is 0 Å². The fraction of sp³-hybridized carbons (Fsp3) is 0.538. The second kappa shape index (κ2) is 5.30. The summed E-state index contributed by atoms with van der Waals surface area (Å²) in [5.41, 5.74) is 0. The van der Waals surface area contributed by atoms with Crippen molar-refractivity contribution >= 4 is 28.2 Å². The Morgan fingerprint density at radius 3 is 2.42 bits per heavy atom. The third-order valence-electron chi connectivity index (χ3n) is 3.61. The molecule has 1 aliphatic rings. The minimum atomic E-state index is -0.981. The normalized spacial score (nSPS) is 30.3. The summed E-state index contributed by atoms with van der Waals surface area (Å²) in [6.45, 7) is 5.85. The molecule has 4 unspecified atom stereocenters. The quantitative estimate of drug-likeness (QED) is 0.893. The molecule has 19 heavy (non-hydrogen) atoms. The second-order valence-electron chi connectivity index (χ2n) is 4.89. The zero-order valence-electron chi connectivity index (χ0n) is 11.0. The number of carboxylic acid groups (broad SMARTS) is 1. The van der Waals surface area contributed by atoms with Gasteiger partial charge in [-0.2, -0.15) is 0 Å². The topological polar surface area (TPSA) is 75.6 Å². The Hall–Kier alpha value is -1.40. The number of nitrogens with one attached hydrogen (secondary N) is 1. The van der Waals surface area contributed by atoms with Gasteiger partial charge in [-0.05, 0) is 31.9 Å². The van der Waals surface area contributed by atoms with Crippen molar-refractivity contribution in [3.63, 3.8) is 0 Å². The lowest BCUT2D eigenvalue weighted by Crippen LogP contribution is -2.31. The molecule has 0 spiro atoms. The highest BCUT2D eigenvalue weighted by Gasteiger charge is 2.41. The number of rotatable bonds is 3. The monoisotopic (exact) mass is 283 g/mol. The van der Waals surface area contributed by atoms with Gasteiger partial charge in [0.2, 0.25) is 5.91 Å². The summed E-state index contributed by atoms with van der Waals surface area (Å²) in [7, 11) is 0. The molecule has 6 heteroatoms. The van der Waals surface area contributed by atoms with Crippen LogP contribution in [0.1, 0.15) is 30.4 Å². The van der Waals surface area contributed by atoms with Gasteiger partial charge in [0.1, 0.15) is 4.88 Å².